The molecule has 6 nitrogen and oxygen atoms in total. The summed E-state index contributed by atoms with van der Waals surface area (Å²) >= 11 is 1.15. The van der Waals surface area contributed by atoms with Gasteiger partial charge >= 0.3 is 5.97 Å². The fraction of sp³-hybridized carbons (Fsp3) is 0.0714. The van der Waals surface area contributed by atoms with Crippen molar-refractivity contribution in [2.75, 3.05) is 0 Å². The average molecular weight is 302 g/mol. The number of H-pyrrole nitrogens is 1. The largest absolute Gasteiger partial charge is 0.477 e. The minimum absolute atomic E-state index is 0.0144. The number of rotatable bonds is 3. The maximum absolute atomic E-state index is 11.8. The third-order valence-corrected chi connectivity index (χ3v) is 4.30. The molecule has 0 saturated carbocycles. The molecule has 106 valence electrons. The van der Waals surface area contributed by atoms with Gasteiger partial charge < -0.3 is 5.11 Å². The van der Waals surface area contributed by atoms with Gasteiger partial charge in [-0.15, -0.1) is 11.3 Å². The van der Waals surface area contributed by atoms with E-state index in [1.807, 2.05) is 12.1 Å². The second kappa shape index (κ2) is 5.02. The maximum atomic E-state index is 11.8. The smallest absolute Gasteiger partial charge is 0.346 e. The summed E-state index contributed by atoms with van der Waals surface area (Å²) in [6, 6.07) is 9.56. The molecular weight excluding hydrogens is 292 g/mol. The minimum Gasteiger partial charge on any atom is -0.477 e. The molecule has 2 N–H and O–H groups in total. The van der Waals surface area contributed by atoms with Crippen molar-refractivity contribution in [1.29, 1.82) is 0 Å². The lowest BCUT2D eigenvalue weighted by atomic mass is 10.1. The summed E-state index contributed by atoms with van der Waals surface area (Å²) in [6.45, 7) is 0.0144. The number of carbonyl (C=O) groups is 1. The molecule has 0 aliphatic rings. The van der Waals surface area contributed by atoms with Crippen LogP contribution in [0, 0.1) is 0 Å². The predicted molar refractivity (Wildman–Crippen MR) is 79.2 cm³/mol. The van der Waals surface area contributed by atoms with E-state index in [0.29, 0.717) is 5.56 Å². The third-order valence-electron chi connectivity index (χ3n) is 3.10. The minimum atomic E-state index is -1.04. The quantitative estimate of drug-likeness (QED) is 0.767. The molecule has 0 radical (unpaired) electrons. The third kappa shape index (κ3) is 2.38. The number of fused-ring (bicyclic) bond motifs is 1. The van der Waals surface area contributed by atoms with Crippen molar-refractivity contribution in [2.45, 2.75) is 6.54 Å². The summed E-state index contributed by atoms with van der Waals surface area (Å²) in [5.41, 5.74) is -0.278. The molecular formula is C14H10N2O4S. The van der Waals surface area contributed by atoms with E-state index < -0.39 is 11.5 Å². The first-order chi connectivity index (χ1) is 10.1. The second-order valence-electron chi connectivity index (χ2n) is 4.44. The SMILES string of the molecule is O=C(O)c1sc2ccccc2c1Cn1[nH]c(=O)ccc1=O. The van der Waals surface area contributed by atoms with Gasteiger partial charge in [-0.25, -0.2) is 9.48 Å². The molecule has 0 atom stereocenters. The van der Waals surface area contributed by atoms with E-state index in [2.05, 4.69) is 5.10 Å². The molecule has 0 bridgehead atoms. The van der Waals surface area contributed by atoms with Crippen LogP contribution in [0.4, 0.5) is 0 Å². The first kappa shape index (κ1) is 13.3. The molecule has 3 aromatic rings. The number of carboxylic acids is 1. The summed E-state index contributed by atoms with van der Waals surface area (Å²) < 4.78 is 1.94. The van der Waals surface area contributed by atoms with Gasteiger partial charge in [0.1, 0.15) is 4.88 Å². The van der Waals surface area contributed by atoms with E-state index >= 15 is 0 Å². The Bertz CT molecular complexity index is 951. The zero-order valence-electron chi connectivity index (χ0n) is 10.7. The molecule has 0 amide bonds. The number of aromatic amines is 1. The van der Waals surface area contributed by atoms with Crippen LogP contribution in [-0.4, -0.2) is 20.9 Å². The molecule has 0 fully saturated rings. The van der Waals surface area contributed by atoms with Crippen molar-refractivity contribution < 1.29 is 9.90 Å². The Balaban J connectivity index is 2.21. The predicted octanol–water partition coefficient (Wildman–Crippen LogP) is 1.50. The van der Waals surface area contributed by atoms with Crippen molar-refractivity contribution in [3.8, 4) is 0 Å². The van der Waals surface area contributed by atoms with Crippen LogP contribution in [-0.2, 0) is 6.54 Å². The molecule has 2 aromatic heterocycles. The number of hydrogen-bond donors (Lipinski definition) is 2. The highest BCUT2D eigenvalue weighted by Crippen LogP contribution is 2.31. The number of carboxylic acid groups (broad SMARTS) is 1. The highest BCUT2D eigenvalue weighted by atomic mass is 32.1. The van der Waals surface area contributed by atoms with E-state index in [4.69, 9.17) is 0 Å². The highest BCUT2D eigenvalue weighted by Gasteiger charge is 2.18. The topological polar surface area (TPSA) is 92.2 Å². The van der Waals surface area contributed by atoms with Crippen LogP contribution in [0.25, 0.3) is 10.1 Å². The molecule has 1 aromatic carbocycles. The zero-order chi connectivity index (χ0) is 15.0. The summed E-state index contributed by atoms with van der Waals surface area (Å²) in [7, 11) is 0. The highest BCUT2D eigenvalue weighted by molar-refractivity contribution is 7.21. The molecule has 0 spiro atoms. The first-order valence-corrected chi connectivity index (χ1v) is 6.92. The summed E-state index contributed by atoms with van der Waals surface area (Å²) in [5.74, 6) is -1.04. The number of nitrogens with zero attached hydrogens (tertiary/aromatic N) is 1. The van der Waals surface area contributed by atoms with Crippen LogP contribution in [0.3, 0.4) is 0 Å². The van der Waals surface area contributed by atoms with Crippen molar-refractivity contribution in [3.05, 3.63) is 67.5 Å². The number of hydrogen-bond acceptors (Lipinski definition) is 4. The Morgan fingerprint density at radius 3 is 2.71 bits per heavy atom. The van der Waals surface area contributed by atoms with Gasteiger partial charge in [-0.1, -0.05) is 18.2 Å². The number of benzene rings is 1. The number of aromatic nitrogens is 2. The van der Waals surface area contributed by atoms with Gasteiger partial charge in [-0.3, -0.25) is 14.7 Å². The Morgan fingerprint density at radius 1 is 1.19 bits per heavy atom. The Morgan fingerprint density at radius 2 is 1.95 bits per heavy atom. The van der Waals surface area contributed by atoms with Gasteiger partial charge in [0.05, 0.1) is 6.54 Å². The van der Waals surface area contributed by atoms with Crippen molar-refractivity contribution >= 4 is 27.4 Å². The summed E-state index contributed by atoms with van der Waals surface area (Å²) in [5, 5.41) is 12.5. The lowest BCUT2D eigenvalue weighted by Gasteiger charge is -2.05. The number of aromatic carboxylic acids is 1. The Labute approximate surface area is 121 Å². The fourth-order valence-electron chi connectivity index (χ4n) is 2.17. The first-order valence-electron chi connectivity index (χ1n) is 6.10. The molecule has 7 heteroatoms. The van der Waals surface area contributed by atoms with Crippen molar-refractivity contribution in [3.63, 3.8) is 0 Å². The fourth-order valence-corrected chi connectivity index (χ4v) is 3.22. The monoisotopic (exact) mass is 302 g/mol. The maximum Gasteiger partial charge on any atom is 0.346 e. The molecule has 21 heavy (non-hydrogen) atoms. The molecule has 3 rings (SSSR count). The van der Waals surface area contributed by atoms with Gasteiger partial charge in [0.15, 0.2) is 0 Å². The Hall–Kier alpha value is -2.67. The average Bonchev–Trinajstić information content (AvgIpc) is 2.82. The van der Waals surface area contributed by atoms with Crippen molar-refractivity contribution in [1.82, 2.24) is 9.78 Å². The zero-order valence-corrected chi connectivity index (χ0v) is 11.5. The lowest BCUT2D eigenvalue weighted by molar-refractivity contribution is 0.0701. The van der Waals surface area contributed by atoms with Crippen LogP contribution in [0.2, 0.25) is 0 Å². The van der Waals surface area contributed by atoms with Crippen molar-refractivity contribution in [2.24, 2.45) is 0 Å². The van der Waals surface area contributed by atoms with E-state index in [-0.39, 0.29) is 17.0 Å². The normalized spacial score (nSPS) is 10.9. The lowest BCUT2D eigenvalue weighted by Crippen LogP contribution is -2.28. The van der Waals surface area contributed by atoms with Crippen LogP contribution in [0.15, 0.2) is 46.0 Å². The van der Waals surface area contributed by atoms with Crippen LogP contribution >= 0.6 is 11.3 Å². The van der Waals surface area contributed by atoms with Gasteiger partial charge in [0.25, 0.3) is 11.1 Å². The summed E-state index contributed by atoms with van der Waals surface area (Å²) in [4.78, 5) is 34.6. The number of nitrogens with one attached hydrogen (secondary N) is 1. The molecule has 0 aliphatic heterocycles. The van der Waals surface area contributed by atoms with Crippen LogP contribution < -0.4 is 11.1 Å². The van der Waals surface area contributed by atoms with Crippen LogP contribution in [0.5, 0.6) is 0 Å². The van der Waals surface area contributed by atoms with Crippen LogP contribution in [0.1, 0.15) is 15.2 Å². The Kier molecular flexibility index (Phi) is 3.19. The molecule has 0 unspecified atom stereocenters. The van der Waals surface area contributed by atoms with Gasteiger partial charge in [0, 0.05) is 22.4 Å². The van der Waals surface area contributed by atoms with E-state index in [9.17, 15) is 19.5 Å². The standard InChI is InChI=1S/C14H10N2O4S/c17-11-5-6-12(18)16(15-11)7-9-8-3-1-2-4-10(8)21-13(9)14(19)20/h1-6H,7H2,(H,15,17)(H,19,20). The molecule has 0 aliphatic carbocycles. The number of thiophene rings is 1. The molecule has 2 heterocycles. The van der Waals surface area contributed by atoms with Gasteiger partial charge in [0.2, 0.25) is 0 Å². The summed E-state index contributed by atoms with van der Waals surface area (Å²) in [6.07, 6.45) is 0. The van der Waals surface area contributed by atoms with E-state index in [1.165, 1.54) is 0 Å². The second-order valence-corrected chi connectivity index (χ2v) is 5.50. The van der Waals surface area contributed by atoms with Gasteiger partial charge in [-0.2, -0.15) is 0 Å². The van der Waals surface area contributed by atoms with E-state index in [1.54, 1.807) is 12.1 Å². The molecule has 0 saturated heterocycles. The van der Waals surface area contributed by atoms with E-state index in [0.717, 1.165) is 38.2 Å². The van der Waals surface area contributed by atoms with Gasteiger partial charge in [-0.05, 0) is 11.5 Å².